The fourth-order valence-corrected chi connectivity index (χ4v) is 1.12. The third kappa shape index (κ3) is 1.99. The van der Waals surface area contributed by atoms with Crippen molar-refractivity contribution in [3.05, 3.63) is 17.5 Å². The van der Waals surface area contributed by atoms with Crippen LogP contribution in [0.1, 0.15) is 16.2 Å². The van der Waals surface area contributed by atoms with Gasteiger partial charge in [0.1, 0.15) is 5.76 Å². The molecule has 0 bridgehead atoms. The molecule has 3 N–H and O–H groups in total. The fraction of sp³-hybridized carbons (Fsp3) is 0.333. The van der Waals surface area contributed by atoms with Crippen molar-refractivity contribution in [3.63, 3.8) is 0 Å². The molecule has 0 spiro atoms. The van der Waals surface area contributed by atoms with E-state index in [1.165, 1.54) is 0 Å². The second kappa shape index (κ2) is 4.13. The van der Waals surface area contributed by atoms with Crippen LogP contribution < -0.4 is 11.3 Å². The first-order valence-corrected chi connectivity index (χ1v) is 4.62. The summed E-state index contributed by atoms with van der Waals surface area (Å²) in [4.78, 5) is 10.9. The monoisotopic (exact) mass is 187 g/mol. The van der Waals surface area contributed by atoms with Crippen LogP contribution in [0, 0.1) is 0 Å². The van der Waals surface area contributed by atoms with E-state index in [1.807, 2.05) is 11.7 Å². The van der Waals surface area contributed by atoms with Gasteiger partial charge in [0, 0.05) is 6.07 Å². The van der Waals surface area contributed by atoms with Crippen LogP contribution in [-0.2, 0) is 5.75 Å². The number of hydrazine groups is 1. The summed E-state index contributed by atoms with van der Waals surface area (Å²) in [6.45, 7) is 0. The van der Waals surface area contributed by atoms with Crippen molar-refractivity contribution < 1.29 is 9.32 Å². The maximum atomic E-state index is 10.9. The number of hydrogen-bond acceptors (Lipinski definition) is 5. The van der Waals surface area contributed by atoms with Crippen LogP contribution in [0.4, 0.5) is 0 Å². The molecule has 0 saturated heterocycles. The highest BCUT2D eigenvalue weighted by atomic mass is 32.2. The van der Waals surface area contributed by atoms with Gasteiger partial charge in [0.15, 0.2) is 5.69 Å². The van der Waals surface area contributed by atoms with Crippen molar-refractivity contribution >= 4 is 17.7 Å². The van der Waals surface area contributed by atoms with Gasteiger partial charge in [-0.1, -0.05) is 5.16 Å². The Bertz CT molecular complexity index is 274. The predicted molar refractivity (Wildman–Crippen MR) is 45.4 cm³/mol. The van der Waals surface area contributed by atoms with Crippen molar-refractivity contribution in [1.82, 2.24) is 10.6 Å². The number of aromatic nitrogens is 1. The van der Waals surface area contributed by atoms with E-state index < -0.39 is 5.91 Å². The molecule has 6 heteroatoms. The number of nitrogens with zero attached hydrogens (tertiary/aromatic N) is 1. The van der Waals surface area contributed by atoms with Gasteiger partial charge in [-0.2, -0.15) is 11.8 Å². The Morgan fingerprint density at radius 2 is 2.67 bits per heavy atom. The Balaban J connectivity index is 2.70. The minimum atomic E-state index is -0.439. The highest BCUT2D eigenvalue weighted by Gasteiger charge is 2.09. The lowest BCUT2D eigenvalue weighted by molar-refractivity contribution is 0.0944. The molecule has 1 amide bonds. The van der Waals surface area contributed by atoms with Crippen LogP contribution in [0.25, 0.3) is 0 Å². The average molecular weight is 187 g/mol. The molecule has 12 heavy (non-hydrogen) atoms. The van der Waals surface area contributed by atoms with Crippen molar-refractivity contribution in [2.75, 3.05) is 6.26 Å². The molecule has 1 aromatic rings. The molecule has 0 radical (unpaired) electrons. The Kier molecular flexibility index (Phi) is 3.12. The molecule has 1 heterocycles. The van der Waals surface area contributed by atoms with Crippen LogP contribution in [0.15, 0.2) is 10.6 Å². The molecule has 0 saturated carbocycles. The van der Waals surface area contributed by atoms with Crippen LogP contribution >= 0.6 is 11.8 Å². The molecule has 1 aromatic heterocycles. The highest BCUT2D eigenvalue weighted by molar-refractivity contribution is 7.97. The molecular formula is C6H9N3O2S. The Morgan fingerprint density at radius 3 is 3.25 bits per heavy atom. The molecule has 66 valence electrons. The third-order valence-electron chi connectivity index (χ3n) is 1.21. The number of nitrogens with one attached hydrogen (secondary N) is 1. The first-order valence-electron chi connectivity index (χ1n) is 3.23. The van der Waals surface area contributed by atoms with Crippen LogP contribution in [-0.4, -0.2) is 17.3 Å². The number of nitrogens with two attached hydrogens (primary N) is 1. The normalized spacial score (nSPS) is 9.83. The summed E-state index contributed by atoms with van der Waals surface area (Å²) in [6, 6.07) is 1.57. The van der Waals surface area contributed by atoms with Gasteiger partial charge in [-0.05, 0) is 6.26 Å². The SMILES string of the molecule is CSCc1cc(C(=O)NN)no1. The van der Waals surface area contributed by atoms with Crippen molar-refractivity contribution in [2.24, 2.45) is 5.84 Å². The van der Waals surface area contributed by atoms with Gasteiger partial charge in [0.2, 0.25) is 0 Å². The summed E-state index contributed by atoms with van der Waals surface area (Å²) >= 11 is 1.59. The van der Waals surface area contributed by atoms with Crippen LogP contribution in [0.3, 0.4) is 0 Å². The van der Waals surface area contributed by atoms with Crippen molar-refractivity contribution in [2.45, 2.75) is 5.75 Å². The predicted octanol–water partition coefficient (Wildman–Crippen LogP) is 0.141. The zero-order valence-electron chi connectivity index (χ0n) is 6.53. The molecule has 5 nitrogen and oxygen atoms in total. The summed E-state index contributed by atoms with van der Waals surface area (Å²) in [5.41, 5.74) is 2.18. The van der Waals surface area contributed by atoms with Crippen molar-refractivity contribution in [3.8, 4) is 0 Å². The maximum Gasteiger partial charge on any atom is 0.287 e. The molecular weight excluding hydrogens is 178 g/mol. The minimum Gasteiger partial charge on any atom is -0.360 e. The van der Waals surface area contributed by atoms with Crippen LogP contribution in [0.5, 0.6) is 0 Å². The molecule has 1 rings (SSSR count). The summed E-state index contributed by atoms with van der Waals surface area (Å²) in [6.07, 6.45) is 1.94. The first kappa shape index (κ1) is 9.08. The first-order chi connectivity index (χ1) is 5.77. The standard InChI is InChI=1S/C6H9N3O2S/c1-12-3-4-2-5(9-11-4)6(10)8-7/h2H,3,7H2,1H3,(H,8,10). The smallest absolute Gasteiger partial charge is 0.287 e. The van der Waals surface area contributed by atoms with E-state index in [9.17, 15) is 4.79 Å². The Labute approximate surface area is 73.6 Å². The number of carbonyl (C=O) groups is 1. The summed E-state index contributed by atoms with van der Waals surface area (Å²) in [7, 11) is 0. The number of amides is 1. The van der Waals surface area contributed by atoms with E-state index in [0.29, 0.717) is 11.5 Å². The summed E-state index contributed by atoms with van der Waals surface area (Å²) in [5, 5.41) is 3.53. The van der Waals surface area contributed by atoms with E-state index in [-0.39, 0.29) is 5.69 Å². The second-order valence-corrected chi connectivity index (χ2v) is 2.95. The van der Waals surface area contributed by atoms with Gasteiger partial charge in [-0.25, -0.2) is 5.84 Å². The Hall–Kier alpha value is -1.01. The fourth-order valence-electron chi connectivity index (χ4n) is 0.704. The molecule has 0 fully saturated rings. The number of carbonyl (C=O) groups excluding carboxylic acids is 1. The van der Waals surface area contributed by atoms with E-state index >= 15 is 0 Å². The number of nitrogen functional groups attached to an aromatic ring is 1. The zero-order chi connectivity index (χ0) is 8.97. The van der Waals surface area contributed by atoms with Gasteiger partial charge in [-0.15, -0.1) is 0 Å². The minimum absolute atomic E-state index is 0.210. The number of rotatable bonds is 3. The summed E-state index contributed by atoms with van der Waals surface area (Å²) < 4.78 is 4.84. The van der Waals surface area contributed by atoms with E-state index in [4.69, 9.17) is 10.4 Å². The van der Waals surface area contributed by atoms with Gasteiger partial charge >= 0.3 is 0 Å². The second-order valence-electron chi connectivity index (χ2n) is 2.08. The third-order valence-corrected chi connectivity index (χ3v) is 1.78. The molecule has 0 unspecified atom stereocenters. The van der Waals surface area contributed by atoms with Gasteiger partial charge in [0.05, 0.1) is 5.75 Å². The Morgan fingerprint density at radius 1 is 1.92 bits per heavy atom. The van der Waals surface area contributed by atoms with Gasteiger partial charge in [0.25, 0.3) is 5.91 Å². The number of hydrogen-bond donors (Lipinski definition) is 2. The van der Waals surface area contributed by atoms with E-state index in [2.05, 4.69) is 5.16 Å². The van der Waals surface area contributed by atoms with Crippen molar-refractivity contribution in [1.29, 1.82) is 0 Å². The largest absolute Gasteiger partial charge is 0.360 e. The molecule has 0 atom stereocenters. The van der Waals surface area contributed by atoms with Gasteiger partial charge < -0.3 is 4.52 Å². The lowest BCUT2D eigenvalue weighted by Crippen LogP contribution is -2.30. The molecule has 0 aromatic carbocycles. The van der Waals surface area contributed by atoms with E-state index in [0.717, 1.165) is 0 Å². The number of thioether (sulfide) groups is 1. The quantitative estimate of drug-likeness (QED) is 0.399. The lowest BCUT2D eigenvalue weighted by atomic mass is 10.4. The van der Waals surface area contributed by atoms with Gasteiger partial charge in [-0.3, -0.25) is 10.2 Å². The summed E-state index contributed by atoms with van der Waals surface area (Å²) in [5.74, 6) is 5.83. The molecule has 0 aliphatic carbocycles. The lowest BCUT2D eigenvalue weighted by Gasteiger charge is -1.88. The zero-order valence-corrected chi connectivity index (χ0v) is 7.35. The maximum absolute atomic E-state index is 10.9. The topological polar surface area (TPSA) is 81.2 Å². The molecule has 0 aliphatic heterocycles. The van der Waals surface area contributed by atoms with Crippen LogP contribution in [0.2, 0.25) is 0 Å². The van der Waals surface area contributed by atoms with E-state index in [1.54, 1.807) is 17.8 Å². The molecule has 0 aliphatic rings. The highest BCUT2D eigenvalue weighted by Crippen LogP contribution is 2.09. The average Bonchev–Trinajstić information content (AvgIpc) is 2.52.